The first-order valence-electron chi connectivity index (χ1n) is 8.43. The summed E-state index contributed by atoms with van der Waals surface area (Å²) >= 11 is 1.68. The van der Waals surface area contributed by atoms with E-state index in [1.54, 1.807) is 11.3 Å². The third-order valence-corrected chi connectivity index (χ3v) is 5.20. The van der Waals surface area contributed by atoms with Crippen molar-refractivity contribution in [3.05, 3.63) is 28.3 Å². The Morgan fingerprint density at radius 1 is 1.46 bits per heavy atom. The standard InChI is InChI=1S/C17H24N4O2S/c1-17(2,3)16-19-13(23-20-16)6-7-14(22)21-9-4-5-12(11-21)15-18-8-10-24-15/h8,10,12H,4-7,9,11H2,1-3H3/t12-/m0/s1. The molecule has 0 bridgehead atoms. The van der Waals surface area contributed by atoms with Gasteiger partial charge in [0.15, 0.2) is 5.82 Å². The van der Waals surface area contributed by atoms with E-state index < -0.39 is 0 Å². The Morgan fingerprint density at radius 2 is 2.29 bits per heavy atom. The minimum atomic E-state index is -0.139. The van der Waals surface area contributed by atoms with Gasteiger partial charge in [-0.1, -0.05) is 25.9 Å². The Bertz CT molecular complexity index is 675. The molecule has 1 saturated heterocycles. The minimum Gasteiger partial charge on any atom is -0.342 e. The number of hydrogen-bond acceptors (Lipinski definition) is 6. The van der Waals surface area contributed by atoms with Crippen molar-refractivity contribution in [3.8, 4) is 0 Å². The molecule has 130 valence electrons. The van der Waals surface area contributed by atoms with E-state index in [1.165, 1.54) is 0 Å². The van der Waals surface area contributed by atoms with Crippen LogP contribution in [0.3, 0.4) is 0 Å². The molecule has 1 amide bonds. The smallest absolute Gasteiger partial charge is 0.227 e. The van der Waals surface area contributed by atoms with Gasteiger partial charge in [0.2, 0.25) is 11.8 Å². The fraction of sp³-hybridized carbons (Fsp3) is 0.647. The van der Waals surface area contributed by atoms with Gasteiger partial charge < -0.3 is 9.42 Å². The van der Waals surface area contributed by atoms with Crippen LogP contribution in [0.25, 0.3) is 0 Å². The predicted octanol–water partition coefficient (Wildman–Crippen LogP) is 3.16. The lowest BCUT2D eigenvalue weighted by Gasteiger charge is -2.31. The summed E-state index contributed by atoms with van der Waals surface area (Å²) in [7, 11) is 0. The first-order chi connectivity index (χ1) is 11.4. The average Bonchev–Trinajstić information content (AvgIpc) is 3.23. The third-order valence-electron chi connectivity index (χ3n) is 4.27. The Hall–Kier alpha value is -1.76. The van der Waals surface area contributed by atoms with Gasteiger partial charge >= 0.3 is 0 Å². The van der Waals surface area contributed by atoms with Crippen LogP contribution in [0.15, 0.2) is 16.1 Å². The number of aromatic nitrogens is 3. The maximum absolute atomic E-state index is 12.5. The molecule has 0 spiro atoms. The molecule has 7 heteroatoms. The largest absolute Gasteiger partial charge is 0.342 e. The predicted molar refractivity (Wildman–Crippen MR) is 92.0 cm³/mol. The van der Waals surface area contributed by atoms with E-state index in [1.807, 2.05) is 37.2 Å². The number of piperidine rings is 1. The van der Waals surface area contributed by atoms with E-state index >= 15 is 0 Å². The Balaban J connectivity index is 1.54. The molecule has 1 aliphatic heterocycles. The molecule has 0 N–H and O–H groups in total. The summed E-state index contributed by atoms with van der Waals surface area (Å²) in [5.41, 5.74) is -0.139. The molecule has 0 aromatic carbocycles. The summed E-state index contributed by atoms with van der Waals surface area (Å²) in [4.78, 5) is 23.3. The van der Waals surface area contributed by atoms with E-state index in [0.29, 0.717) is 30.5 Å². The maximum Gasteiger partial charge on any atom is 0.227 e. The zero-order chi connectivity index (χ0) is 17.2. The van der Waals surface area contributed by atoms with Crippen LogP contribution in [0.5, 0.6) is 0 Å². The molecule has 6 nitrogen and oxygen atoms in total. The number of aryl methyl sites for hydroxylation is 1. The van der Waals surface area contributed by atoms with Crippen LogP contribution in [0, 0.1) is 0 Å². The molecule has 3 rings (SSSR count). The van der Waals surface area contributed by atoms with Gasteiger partial charge in [-0.2, -0.15) is 4.98 Å². The molecule has 2 aromatic rings. The van der Waals surface area contributed by atoms with Gasteiger partial charge in [-0.15, -0.1) is 11.3 Å². The lowest BCUT2D eigenvalue weighted by atomic mass is 9.96. The SMILES string of the molecule is CC(C)(C)c1noc(CCC(=O)N2CCC[C@H](c3nccs3)C2)n1. The number of thiazole rings is 1. The van der Waals surface area contributed by atoms with Crippen LogP contribution >= 0.6 is 11.3 Å². The highest BCUT2D eigenvalue weighted by molar-refractivity contribution is 7.09. The van der Waals surface area contributed by atoms with Gasteiger partial charge in [0.1, 0.15) is 0 Å². The average molecular weight is 348 g/mol. The first kappa shape index (κ1) is 17.1. The van der Waals surface area contributed by atoms with Crippen molar-refractivity contribution in [2.45, 2.75) is 57.8 Å². The molecule has 3 heterocycles. The van der Waals surface area contributed by atoms with Crippen LogP contribution in [-0.4, -0.2) is 39.0 Å². The lowest BCUT2D eigenvalue weighted by Crippen LogP contribution is -2.39. The molecule has 0 aliphatic carbocycles. The molecule has 0 unspecified atom stereocenters. The summed E-state index contributed by atoms with van der Waals surface area (Å²) in [5.74, 6) is 1.76. The molecule has 1 fully saturated rings. The van der Waals surface area contributed by atoms with Gasteiger partial charge in [0.05, 0.1) is 5.01 Å². The summed E-state index contributed by atoms with van der Waals surface area (Å²) in [6, 6.07) is 0. The summed E-state index contributed by atoms with van der Waals surface area (Å²) in [6.45, 7) is 7.72. The van der Waals surface area contributed by atoms with Gasteiger partial charge in [-0.3, -0.25) is 4.79 Å². The Kier molecular flexibility index (Phi) is 4.99. The molecule has 1 aliphatic rings. The van der Waals surface area contributed by atoms with Crippen molar-refractivity contribution in [2.75, 3.05) is 13.1 Å². The maximum atomic E-state index is 12.5. The number of nitrogens with zero attached hydrogens (tertiary/aromatic N) is 4. The normalized spacial score (nSPS) is 18.8. The first-order valence-corrected chi connectivity index (χ1v) is 9.31. The highest BCUT2D eigenvalue weighted by atomic mass is 32.1. The quantitative estimate of drug-likeness (QED) is 0.848. The van der Waals surface area contributed by atoms with E-state index in [4.69, 9.17) is 4.52 Å². The van der Waals surface area contributed by atoms with Gasteiger partial charge in [-0.25, -0.2) is 4.98 Å². The van der Waals surface area contributed by atoms with Crippen LogP contribution in [0.4, 0.5) is 0 Å². The van der Waals surface area contributed by atoms with Crippen molar-refractivity contribution < 1.29 is 9.32 Å². The van der Waals surface area contributed by atoms with Gasteiger partial charge in [0.25, 0.3) is 0 Å². The van der Waals surface area contributed by atoms with Crippen molar-refractivity contribution in [1.29, 1.82) is 0 Å². The highest BCUT2D eigenvalue weighted by Crippen LogP contribution is 2.28. The summed E-state index contributed by atoms with van der Waals surface area (Å²) in [5, 5.41) is 7.14. The zero-order valence-corrected chi connectivity index (χ0v) is 15.3. The second-order valence-electron chi connectivity index (χ2n) is 7.31. The van der Waals surface area contributed by atoms with E-state index in [9.17, 15) is 4.79 Å². The zero-order valence-electron chi connectivity index (χ0n) is 14.5. The summed E-state index contributed by atoms with van der Waals surface area (Å²) in [6.07, 6.45) is 4.89. The molecular formula is C17H24N4O2S. The number of carbonyl (C=O) groups is 1. The van der Waals surface area contributed by atoms with Crippen molar-refractivity contribution in [1.82, 2.24) is 20.0 Å². The summed E-state index contributed by atoms with van der Waals surface area (Å²) < 4.78 is 5.27. The van der Waals surface area contributed by atoms with Crippen LogP contribution < -0.4 is 0 Å². The third kappa shape index (κ3) is 4.01. The highest BCUT2D eigenvalue weighted by Gasteiger charge is 2.26. The molecule has 24 heavy (non-hydrogen) atoms. The van der Waals surface area contributed by atoms with Crippen molar-refractivity contribution in [3.63, 3.8) is 0 Å². The second kappa shape index (κ2) is 7.01. The molecule has 0 radical (unpaired) electrons. The molecule has 1 atom stereocenters. The number of rotatable bonds is 4. The van der Waals surface area contributed by atoms with E-state index in [2.05, 4.69) is 15.1 Å². The van der Waals surface area contributed by atoms with Crippen LogP contribution in [0.2, 0.25) is 0 Å². The number of carbonyl (C=O) groups excluding carboxylic acids is 1. The van der Waals surface area contributed by atoms with E-state index in [0.717, 1.165) is 30.9 Å². The number of likely N-dealkylation sites (tertiary alicyclic amines) is 1. The number of hydrogen-bond donors (Lipinski definition) is 0. The van der Waals surface area contributed by atoms with Crippen LogP contribution in [-0.2, 0) is 16.6 Å². The molecule has 0 saturated carbocycles. The van der Waals surface area contributed by atoms with Crippen molar-refractivity contribution in [2.24, 2.45) is 0 Å². The fourth-order valence-corrected chi connectivity index (χ4v) is 3.64. The molecular weight excluding hydrogens is 324 g/mol. The minimum absolute atomic E-state index is 0.139. The monoisotopic (exact) mass is 348 g/mol. The molecule has 2 aromatic heterocycles. The van der Waals surface area contributed by atoms with Crippen LogP contribution in [0.1, 0.15) is 62.7 Å². The Morgan fingerprint density at radius 3 is 2.96 bits per heavy atom. The number of amides is 1. The van der Waals surface area contributed by atoms with E-state index in [-0.39, 0.29) is 11.3 Å². The topological polar surface area (TPSA) is 72.1 Å². The van der Waals surface area contributed by atoms with Gasteiger partial charge in [-0.05, 0) is 12.8 Å². The fourth-order valence-electron chi connectivity index (χ4n) is 2.87. The lowest BCUT2D eigenvalue weighted by molar-refractivity contribution is -0.132. The second-order valence-corrected chi connectivity index (χ2v) is 8.24. The van der Waals surface area contributed by atoms with Gasteiger partial charge in [0, 0.05) is 48.8 Å². The Labute approximate surface area is 146 Å². The van der Waals surface area contributed by atoms with Crippen molar-refractivity contribution >= 4 is 17.2 Å².